The highest BCUT2D eigenvalue weighted by Crippen LogP contribution is 2.38. The summed E-state index contributed by atoms with van der Waals surface area (Å²) in [6.07, 6.45) is 4.08. The zero-order valence-corrected chi connectivity index (χ0v) is 12.5. The van der Waals surface area contributed by atoms with E-state index in [1.807, 2.05) is 4.90 Å². The summed E-state index contributed by atoms with van der Waals surface area (Å²) < 4.78 is 0. The molecular weight excluding hydrogens is 272 g/mol. The van der Waals surface area contributed by atoms with Crippen molar-refractivity contribution in [3.63, 3.8) is 0 Å². The summed E-state index contributed by atoms with van der Waals surface area (Å²) in [4.78, 5) is 27.7. The molecular formula is C15H24N2O4. The number of carbonyl (C=O) groups is 2. The van der Waals surface area contributed by atoms with Crippen molar-refractivity contribution in [2.45, 2.75) is 63.6 Å². The number of aliphatic hydroxyl groups is 1. The number of carbonyl (C=O) groups excluding carboxylic acids is 1. The van der Waals surface area contributed by atoms with Gasteiger partial charge in [0.15, 0.2) is 0 Å². The lowest BCUT2D eigenvalue weighted by Crippen LogP contribution is -2.55. The standard InChI is InChI=1S/C15H24N2O4/c1-15(13(19)20)4-6-16(7-5-15)14(21)17-10-2-3-11(17)9-12(18)8-10/h10-12,18H,2-9H2,1H3,(H,19,20). The number of piperidine rings is 2. The fourth-order valence-corrected chi connectivity index (χ4v) is 4.03. The fraction of sp³-hybridized carbons (Fsp3) is 0.867. The van der Waals surface area contributed by atoms with Gasteiger partial charge < -0.3 is 20.0 Å². The van der Waals surface area contributed by atoms with Crippen LogP contribution in [0, 0.1) is 5.41 Å². The average Bonchev–Trinajstić information content (AvgIpc) is 2.71. The molecule has 0 aromatic heterocycles. The molecule has 3 fully saturated rings. The molecule has 3 aliphatic rings. The monoisotopic (exact) mass is 296 g/mol. The molecule has 2 bridgehead atoms. The third-order valence-corrected chi connectivity index (χ3v) is 5.58. The summed E-state index contributed by atoms with van der Waals surface area (Å²) in [5.41, 5.74) is -0.701. The largest absolute Gasteiger partial charge is 0.481 e. The van der Waals surface area contributed by atoms with Crippen LogP contribution in [0.15, 0.2) is 0 Å². The Bertz CT molecular complexity index is 431. The van der Waals surface area contributed by atoms with E-state index in [9.17, 15) is 19.8 Å². The van der Waals surface area contributed by atoms with E-state index in [-0.39, 0.29) is 24.2 Å². The van der Waals surface area contributed by atoms with Crippen molar-refractivity contribution in [1.29, 1.82) is 0 Å². The molecule has 2 unspecified atom stereocenters. The molecule has 6 nitrogen and oxygen atoms in total. The first kappa shape index (κ1) is 14.6. The Morgan fingerprint density at radius 1 is 1.10 bits per heavy atom. The molecule has 2 amide bonds. The van der Waals surface area contributed by atoms with Gasteiger partial charge in [-0.2, -0.15) is 0 Å². The van der Waals surface area contributed by atoms with Crippen LogP contribution < -0.4 is 0 Å². The van der Waals surface area contributed by atoms with Gasteiger partial charge in [0.25, 0.3) is 0 Å². The number of fused-ring (bicyclic) bond motifs is 2. The first-order valence-corrected chi connectivity index (χ1v) is 7.89. The van der Waals surface area contributed by atoms with Crippen LogP contribution in [0.2, 0.25) is 0 Å². The van der Waals surface area contributed by atoms with E-state index < -0.39 is 11.4 Å². The zero-order chi connectivity index (χ0) is 15.2. The van der Waals surface area contributed by atoms with Gasteiger partial charge in [-0.05, 0) is 45.4 Å². The van der Waals surface area contributed by atoms with Gasteiger partial charge in [0.2, 0.25) is 0 Å². The van der Waals surface area contributed by atoms with Crippen LogP contribution in [0.5, 0.6) is 0 Å². The third kappa shape index (κ3) is 2.50. The number of aliphatic carboxylic acids is 1. The molecule has 3 aliphatic heterocycles. The molecule has 0 aromatic rings. The Labute approximate surface area is 124 Å². The van der Waals surface area contributed by atoms with Crippen LogP contribution in [-0.2, 0) is 4.79 Å². The number of amides is 2. The molecule has 0 radical (unpaired) electrons. The molecule has 118 valence electrons. The predicted octanol–water partition coefficient (Wildman–Crippen LogP) is 1.28. The number of rotatable bonds is 1. The molecule has 0 spiro atoms. The van der Waals surface area contributed by atoms with E-state index in [0.717, 1.165) is 12.8 Å². The lowest BCUT2D eigenvalue weighted by Gasteiger charge is -2.43. The normalized spacial score (nSPS) is 34.9. The topological polar surface area (TPSA) is 81.1 Å². The second kappa shape index (κ2) is 5.16. The summed E-state index contributed by atoms with van der Waals surface area (Å²) in [5.74, 6) is -0.768. The van der Waals surface area contributed by atoms with Gasteiger partial charge in [0.1, 0.15) is 0 Å². The maximum Gasteiger partial charge on any atom is 0.320 e. The maximum absolute atomic E-state index is 12.7. The molecule has 21 heavy (non-hydrogen) atoms. The SMILES string of the molecule is CC1(C(=O)O)CCN(C(=O)N2C3CCC2CC(O)C3)CC1. The number of urea groups is 1. The van der Waals surface area contributed by atoms with E-state index in [2.05, 4.69) is 0 Å². The summed E-state index contributed by atoms with van der Waals surface area (Å²) in [6, 6.07) is 0.375. The van der Waals surface area contributed by atoms with Crippen LogP contribution in [0.1, 0.15) is 45.4 Å². The molecule has 3 saturated heterocycles. The Kier molecular flexibility index (Phi) is 3.59. The quantitative estimate of drug-likeness (QED) is 0.764. The number of carboxylic acids is 1. The molecule has 0 aromatic carbocycles. The minimum atomic E-state index is -0.768. The van der Waals surface area contributed by atoms with Gasteiger partial charge in [-0.25, -0.2) is 4.79 Å². The molecule has 2 atom stereocenters. The van der Waals surface area contributed by atoms with Gasteiger partial charge in [-0.15, -0.1) is 0 Å². The van der Waals surface area contributed by atoms with Crippen molar-refractivity contribution >= 4 is 12.0 Å². The molecule has 0 aliphatic carbocycles. The van der Waals surface area contributed by atoms with Crippen LogP contribution in [-0.4, -0.2) is 63.3 Å². The van der Waals surface area contributed by atoms with E-state index in [1.165, 1.54) is 0 Å². The van der Waals surface area contributed by atoms with Crippen molar-refractivity contribution in [2.24, 2.45) is 5.41 Å². The van der Waals surface area contributed by atoms with Gasteiger partial charge in [0, 0.05) is 25.2 Å². The highest BCUT2D eigenvalue weighted by molar-refractivity contribution is 5.77. The summed E-state index contributed by atoms with van der Waals surface area (Å²) in [7, 11) is 0. The Morgan fingerprint density at radius 2 is 1.62 bits per heavy atom. The van der Waals surface area contributed by atoms with Gasteiger partial charge >= 0.3 is 12.0 Å². The first-order chi connectivity index (χ1) is 9.90. The van der Waals surface area contributed by atoms with Crippen molar-refractivity contribution in [3.05, 3.63) is 0 Å². The number of likely N-dealkylation sites (tertiary alicyclic amines) is 1. The lowest BCUT2D eigenvalue weighted by molar-refractivity contribution is -0.150. The molecule has 0 saturated carbocycles. The predicted molar refractivity (Wildman–Crippen MR) is 75.8 cm³/mol. The molecule has 6 heteroatoms. The number of hydrogen-bond acceptors (Lipinski definition) is 3. The van der Waals surface area contributed by atoms with Crippen LogP contribution in [0.4, 0.5) is 4.79 Å². The number of nitrogens with zero attached hydrogens (tertiary/aromatic N) is 2. The summed E-state index contributed by atoms with van der Waals surface area (Å²) in [6.45, 7) is 2.79. The van der Waals surface area contributed by atoms with Crippen molar-refractivity contribution in [3.8, 4) is 0 Å². The minimum Gasteiger partial charge on any atom is -0.481 e. The highest BCUT2D eigenvalue weighted by atomic mass is 16.4. The fourth-order valence-electron chi connectivity index (χ4n) is 4.03. The van der Waals surface area contributed by atoms with E-state index >= 15 is 0 Å². The van der Waals surface area contributed by atoms with Gasteiger partial charge in [-0.3, -0.25) is 4.79 Å². The number of carboxylic acid groups (broad SMARTS) is 1. The number of hydrogen-bond donors (Lipinski definition) is 2. The van der Waals surface area contributed by atoms with E-state index in [4.69, 9.17) is 0 Å². The summed E-state index contributed by atoms with van der Waals surface area (Å²) in [5, 5.41) is 19.1. The second-order valence-electron chi connectivity index (χ2n) is 7.05. The molecule has 2 N–H and O–H groups in total. The van der Waals surface area contributed by atoms with Crippen molar-refractivity contribution in [1.82, 2.24) is 9.80 Å². The first-order valence-electron chi connectivity index (χ1n) is 7.89. The Morgan fingerprint density at radius 3 is 2.10 bits per heavy atom. The number of aliphatic hydroxyl groups excluding tert-OH is 1. The maximum atomic E-state index is 12.7. The van der Waals surface area contributed by atoms with E-state index in [1.54, 1.807) is 11.8 Å². The van der Waals surface area contributed by atoms with Crippen molar-refractivity contribution < 1.29 is 19.8 Å². The average molecular weight is 296 g/mol. The van der Waals surface area contributed by atoms with Gasteiger partial charge in [-0.1, -0.05) is 0 Å². The van der Waals surface area contributed by atoms with E-state index in [0.29, 0.717) is 38.8 Å². The molecule has 3 heterocycles. The zero-order valence-electron chi connectivity index (χ0n) is 12.5. The van der Waals surface area contributed by atoms with Gasteiger partial charge in [0.05, 0.1) is 11.5 Å². The Balaban J connectivity index is 1.64. The summed E-state index contributed by atoms with van der Waals surface area (Å²) >= 11 is 0. The van der Waals surface area contributed by atoms with Crippen LogP contribution in [0.3, 0.4) is 0 Å². The Hall–Kier alpha value is -1.30. The van der Waals surface area contributed by atoms with Crippen LogP contribution >= 0.6 is 0 Å². The second-order valence-corrected chi connectivity index (χ2v) is 7.05. The third-order valence-electron chi connectivity index (χ3n) is 5.58. The minimum absolute atomic E-state index is 0.0434. The van der Waals surface area contributed by atoms with Crippen LogP contribution in [0.25, 0.3) is 0 Å². The highest BCUT2D eigenvalue weighted by Gasteiger charge is 2.46. The lowest BCUT2D eigenvalue weighted by atomic mass is 9.80. The van der Waals surface area contributed by atoms with Crippen molar-refractivity contribution in [2.75, 3.05) is 13.1 Å². The molecule has 3 rings (SSSR count). The smallest absolute Gasteiger partial charge is 0.320 e.